The molecule has 0 aromatic carbocycles. The summed E-state index contributed by atoms with van der Waals surface area (Å²) in [7, 11) is 1.22. The van der Waals surface area contributed by atoms with Crippen molar-refractivity contribution < 1.29 is 32.3 Å². The molecule has 1 unspecified atom stereocenters. The molecule has 0 fully saturated rings. The fourth-order valence-electron chi connectivity index (χ4n) is 2.72. The number of imide groups is 1. The Bertz CT molecular complexity index is 823. The number of hydrogen-bond donors (Lipinski definition) is 1. The number of carbonyl (C=O) groups is 3. The van der Waals surface area contributed by atoms with Gasteiger partial charge in [-0.1, -0.05) is 20.4 Å². The van der Waals surface area contributed by atoms with Crippen molar-refractivity contribution in [2.45, 2.75) is 53.1 Å². The highest BCUT2D eigenvalue weighted by atomic mass is 19.4. The van der Waals surface area contributed by atoms with Crippen LogP contribution in [0.3, 0.4) is 0 Å². The molecule has 6 nitrogen and oxygen atoms in total. The van der Waals surface area contributed by atoms with Crippen molar-refractivity contribution in [1.29, 1.82) is 0 Å². The van der Waals surface area contributed by atoms with Crippen molar-refractivity contribution in [1.82, 2.24) is 10.4 Å². The smallest absolute Gasteiger partial charge is 0.416 e. The van der Waals surface area contributed by atoms with Crippen LogP contribution in [-0.2, 0) is 19.1 Å². The van der Waals surface area contributed by atoms with E-state index in [4.69, 9.17) is 0 Å². The van der Waals surface area contributed by atoms with Crippen LogP contribution < -0.4 is 5.43 Å². The predicted molar refractivity (Wildman–Crippen MR) is 105 cm³/mol. The first-order valence-corrected chi connectivity index (χ1v) is 9.42. The van der Waals surface area contributed by atoms with Gasteiger partial charge in [-0.25, -0.2) is 0 Å². The maximum absolute atomic E-state index is 13.2. The van der Waals surface area contributed by atoms with Crippen LogP contribution in [0.25, 0.3) is 0 Å². The number of allylic oxidation sites excluding steroid dienone is 5. The lowest BCUT2D eigenvalue weighted by atomic mass is 10.0. The molecule has 9 heteroatoms. The maximum atomic E-state index is 13.2. The summed E-state index contributed by atoms with van der Waals surface area (Å²) < 4.78 is 44.1. The summed E-state index contributed by atoms with van der Waals surface area (Å²) in [6.07, 6.45) is -1.99. The molecule has 1 atom stereocenters. The number of esters is 1. The van der Waals surface area contributed by atoms with Gasteiger partial charge < -0.3 is 4.74 Å². The van der Waals surface area contributed by atoms with Crippen LogP contribution in [0.15, 0.2) is 46.7 Å². The summed E-state index contributed by atoms with van der Waals surface area (Å²) in [4.78, 5) is 36.6. The fourth-order valence-corrected chi connectivity index (χ4v) is 2.72. The molecule has 0 aromatic rings. The summed E-state index contributed by atoms with van der Waals surface area (Å²) in [5.74, 6) is -2.04. The number of ether oxygens (including phenoxy) is 1. The van der Waals surface area contributed by atoms with Crippen LogP contribution in [0.5, 0.6) is 0 Å². The van der Waals surface area contributed by atoms with Crippen molar-refractivity contribution in [3.63, 3.8) is 0 Å². The van der Waals surface area contributed by atoms with E-state index in [1.54, 1.807) is 6.92 Å². The minimum Gasteiger partial charge on any atom is -0.469 e. The van der Waals surface area contributed by atoms with E-state index in [1.807, 2.05) is 6.92 Å². The van der Waals surface area contributed by atoms with Gasteiger partial charge >= 0.3 is 12.1 Å². The van der Waals surface area contributed by atoms with Crippen LogP contribution in [-0.4, -0.2) is 36.1 Å². The molecule has 1 aliphatic heterocycles. The number of methoxy groups -OCH3 is 1. The average Bonchev–Trinajstić information content (AvgIpc) is 2.86. The standard InChI is InChI=1S/C21H27F3N2O4/c1-7-13(4)17(10-9-16(12(2)3)21(22,23)24)25-26-19(28)14(5)15(20(26)29)8-11-18(27)30-6/h9-10,13,25H,2,7-8,11H2,1,3-6H3/b16-9+,17-10+. The Balaban J connectivity index is 3.18. The summed E-state index contributed by atoms with van der Waals surface area (Å²) in [6, 6.07) is 0. The molecule has 0 saturated heterocycles. The molecule has 2 amide bonds. The van der Waals surface area contributed by atoms with E-state index in [9.17, 15) is 27.6 Å². The minimum atomic E-state index is -4.58. The van der Waals surface area contributed by atoms with E-state index in [0.29, 0.717) is 6.42 Å². The van der Waals surface area contributed by atoms with E-state index in [0.717, 1.165) is 11.1 Å². The van der Waals surface area contributed by atoms with E-state index in [2.05, 4.69) is 16.7 Å². The first-order valence-electron chi connectivity index (χ1n) is 9.42. The molecule has 166 valence electrons. The molecule has 0 aliphatic carbocycles. The van der Waals surface area contributed by atoms with Crippen molar-refractivity contribution in [2.75, 3.05) is 7.11 Å². The van der Waals surface area contributed by atoms with Crippen LogP contribution in [0, 0.1) is 5.92 Å². The lowest BCUT2D eigenvalue weighted by Crippen LogP contribution is -2.44. The Hall–Kier alpha value is -2.84. The number of rotatable bonds is 9. The number of carbonyl (C=O) groups excluding carboxylic acids is 3. The van der Waals surface area contributed by atoms with E-state index < -0.39 is 29.5 Å². The number of nitrogens with one attached hydrogen (secondary N) is 1. The summed E-state index contributed by atoms with van der Waals surface area (Å²) >= 11 is 0. The van der Waals surface area contributed by atoms with Gasteiger partial charge in [-0.05, 0) is 50.3 Å². The number of halogens is 3. The first kappa shape index (κ1) is 25.2. The van der Waals surface area contributed by atoms with E-state index in [1.165, 1.54) is 27.0 Å². The van der Waals surface area contributed by atoms with Gasteiger partial charge in [0.2, 0.25) is 0 Å². The second-order valence-electron chi connectivity index (χ2n) is 7.03. The highest BCUT2D eigenvalue weighted by Crippen LogP contribution is 2.31. The van der Waals surface area contributed by atoms with Crippen molar-refractivity contribution in [3.05, 3.63) is 46.7 Å². The highest BCUT2D eigenvalue weighted by molar-refractivity contribution is 6.18. The molecular formula is C21H27F3N2O4. The maximum Gasteiger partial charge on any atom is 0.416 e. The van der Waals surface area contributed by atoms with E-state index >= 15 is 0 Å². The monoisotopic (exact) mass is 428 g/mol. The van der Waals surface area contributed by atoms with Crippen LogP contribution in [0.4, 0.5) is 13.2 Å². The van der Waals surface area contributed by atoms with Gasteiger partial charge in [-0.2, -0.15) is 18.2 Å². The van der Waals surface area contributed by atoms with Gasteiger partial charge in [0.15, 0.2) is 0 Å². The Labute approximate surface area is 174 Å². The quantitative estimate of drug-likeness (QED) is 0.340. The molecule has 0 saturated carbocycles. The fraction of sp³-hybridized carbons (Fsp3) is 0.476. The molecule has 0 bridgehead atoms. The van der Waals surface area contributed by atoms with Crippen LogP contribution >= 0.6 is 0 Å². The zero-order valence-electron chi connectivity index (χ0n) is 17.8. The summed E-state index contributed by atoms with van der Waals surface area (Å²) in [5, 5.41) is 0.766. The lowest BCUT2D eigenvalue weighted by Gasteiger charge is -2.23. The van der Waals surface area contributed by atoms with Gasteiger partial charge in [0.25, 0.3) is 11.8 Å². The Kier molecular flexibility index (Phi) is 8.62. The first-order chi connectivity index (χ1) is 13.8. The van der Waals surface area contributed by atoms with Gasteiger partial charge in [-0.15, -0.1) is 0 Å². The molecule has 1 aliphatic rings. The largest absolute Gasteiger partial charge is 0.469 e. The molecule has 1 rings (SSSR count). The summed E-state index contributed by atoms with van der Waals surface area (Å²) in [5.41, 5.74) is 2.21. The topological polar surface area (TPSA) is 75.7 Å². The third-order valence-corrected chi connectivity index (χ3v) is 4.82. The number of amides is 2. The predicted octanol–water partition coefficient (Wildman–Crippen LogP) is 4.12. The van der Waals surface area contributed by atoms with Crippen molar-refractivity contribution in [2.24, 2.45) is 5.92 Å². The zero-order chi connectivity index (χ0) is 23.2. The average molecular weight is 428 g/mol. The molecule has 0 spiro atoms. The normalized spacial score (nSPS) is 16.9. The van der Waals surface area contributed by atoms with Crippen LogP contribution in [0.1, 0.15) is 47.0 Å². The minimum absolute atomic E-state index is 0.0252. The molecule has 1 N–H and O–H groups in total. The molecule has 30 heavy (non-hydrogen) atoms. The second kappa shape index (κ2) is 10.3. The van der Waals surface area contributed by atoms with Crippen molar-refractivity contribution in [3.8, 4) is 0 Å². The van der Waals surface area contributed by atoms with Gasteiger partial charge in [0.05, 0.1) is 12.7 Å². The highest BCUT2D eigenvalue weighted by Gasteiger charge is 2.37. The van der Waals surface area contributed by atoms with E-state index in [-0.39, 0.29) is 41.2 Å². The number of nitrogens with zero attached hydrogens (tertiary/aromatic N) is 1. The third-order valence-electron chi connectivity index (χ3n) is 4.82. The van der Waals surface area contributed by atoms with Crippen molar-refractivity contribution >= 4 is 17.8 Å². The number of alkyl halides is 3. The second-order valence-corrected chi connectivity index (χ2v) is 7.03. The molecule has 1 heterocycles. The van der Waals surface area contributed by atoms with Gasteiger partial charge in [-0.3, -0.25) is 19.8 Å². The molecule has 0 aromatic heterocycles. The Morgan fingerprint density at radius 2 is 1.87 bits per heavy atom. The summed E-state index contributed by atoms with van der Waals surface area (Å²) in [6.45, 7) is 9.64. The lowest BCUT2D eigenvalue weighted by molar-refractivity contribution is -0.140. The number of hydrazine groups is 1. The van der Waals surface area contributed by atoms with Gasteiger partial charge in [0, 0.05) is 23.3 Å². The number of hydrogen-bond acceptors (Lipinski definition) is 5. The SMILES string of the molecule is C=C(C)/C(=C\C=C(\NN1C(=O)C(C)=C(CCC(=O)OC)C1=O)C(C)CC)C(F)(F)F. The van der Waals surface area contributed by atoms with Crippen LogP contribution in [0.2, 0.25) is 0 Å². The Morgan fingerprint density at radius 1 is 1.27 bits per heavy atom. The molecule has 0 radical (unpaired) electrons. The van der Waals surface area contributed by atoms with Gasteiger partial charge in [0.1, 0.15) is 0 Å². The zero-order valence-corrected chi connectivity index (χ0v) is 17.8. The molecular weight excluding hydrogens is 401 g/mol. The third kappa shape index (κ3) is 6.08. The Morgan fingerprint density at radius 3 is 2.33 bits per heavy atom.